The van der Waals surface area contributed by atoms with Crippen LogP contribution in [0, 0.1) is 12.8 Å². The lowest BCUT2D eigenvalue weighted by molar-refractivity contribution is -0.139. The van der Waals surface area contributed by atoms with Gasteiger partial charge in [0.1, 0.15) is 12.6 Å². The summed E-state index contributed by atoms with van der Waals surface area (Å²) in [6.07, 6.45) is 0. The Kier molecular flexibility index (Phi) is 11.1. The van der Waals surface area contributed by atoms with Crippen LogP contribution < -0.4 is 9.62 Å². The molecule has 1 atom stereocenters. The zero-order valence-corrected chi connectivity index (χ0v) is 26.6. The van der Waals surface area contributed by atoms with Crippen LogP contribution >= 0.6 is 39.1 Å². The van der Waals surface area contributed by atoms with Crippen molar-refractivity contribution in [2.75, 3.05) is 17.4 Å². The molecule has 0 spiro atoms. The topological polar surface area (TPSA) is 86.8 Å². The molecule has 0 heterocycles. The second kappa shape index (κ2) is 13.9. The molecule has 214 valence electrons. The SMILES string of the molecule is Cc1ccc(S(=O)(=O)N(CC(=O)N(Cc2ccc(Cl)cc2Cl)[C@H](C)C(=O)NCC(C)C)c2ccc(Br)cc2)cc1. The van der Waals surface area contributed by atoms with Crippen molar-refractivity contribution in [2.24, 2.45) is 5.92 Å². The van der Waals surface area contributed by atoms with Crippen LogP contribution in [0.1, 0.15) is 31.9 Å². The van der Waals surface area contributed by atoms with Crippen LogP contribution in [-0.4, -0.2) is 44.3 Å². The van der Waals surface area contributed by atoms with Crippen LogP contribution in [0.2, 0.25) is 10.0 Å². The maximum Gasteiger partial charge on any atom is 0.264 e. The monoisotopic (exact) mass is 667 g/mol. The van der Waals surface area contributed by atoms with Crippen LogP contribution in [0.25, 0.3) is 0 Å². The highest BCUT2D eigenvalue weighted by molar-refractivity contribution is 9.10. The van der Waals surface area contributed by atoms with Gasteiger partial charge in [0.25, 0.3) is 10.0 Å². The van der Waals surface area contributed by atoms with Crippen LogP contribution in [0.4, 0.5) is 5.69 Å². The van der Waals surface area contributed by atoms with E-state index in [9.17, 15) is 18.0 Å². The molecule has 0 fully saturated rings. The Morgan fingerprint density at radius 3 is 2.15 bits per heavy atom. The van der Waals surface area contributed by atoms with Crippen molar-refractivity contribution >= 4 is 66.7 Å². The van der Waals surface area contributed by atoms with Crippen LogP contribution in [-0.2, 0) is 26.2 Å². The van der Waals surface area contributed by atoms with E-state index in [4.69, 9.17) is 23.2 Å². The van der Waals surface area contributed by atoms with Gasteiger partial charge in [-0.1, -0.05) is 76.7 Å². The van der Waals surface area contributed by atoms with E-state index < -0.39 is 28.5 Å². The van der Waals surface area contributed by atoms with E-state index in [-0.39, 0.29) is 23.3 Å². The van der Waals surface area contributed by atoms with Gasteiger partial charge in [-0.3, -0.25) is 13.9 Å². The van der Waals surface area contributed by atoms with Gasteiger partial charge in [-0.25, -0.2) is 8.42 Å². The summed E-state index contributed by atoms with van der Waals surface area (Å²) >= 11 is 15.8. The molecule has 2 amide bonds. The summed E-state index contributed by atoms with van der Waals surface area (Å²) in [6.45, 7) is 7.27. The largest absolute Gasteiger partial charge is 0.354 e. The first-order chi connectivity index (χ1) is 18.8. The van der Waals surface area contributed by atoms with Crippen molar-refractivity contribution in [3.05, 3.63) is 92.4 Å². The van der Waals surface area contributed by atoms with E-state index in [0.717, 1.165) is 14.3 Å². The number of anilines is 1. The highest BCUT2D eigenvalue weighted by atomic mass is 79.9. The Labute approximate surface area is 254 Å². The molecule has 0 radical (unpaired) electrons. The third-order valence-corrected chi connectivity index (χ3v) is 9.11. The molecule has 11 heteroatoms. The van der Waals surface area contributed by atoms with Crippen molar-refractivity contribution < 1.29 is 18.0 Å². The lowest BCUT2D eigenvalue weighted by atomic mass is 10.1. The zero-order valence-electron chi connectivity index (χ0n) is 22.7. The molecule has 3 rings (SSSR count). The Morgan fingerprint density at radius 1 is 0.950 bits per heavy atom. The Morgan fingerprint density at radius 2 is 1.57 bits per heavy atom. The molecule has 3 aromatic rings. The van der Waals surface area contributed by atoms with Crippen molar-refractivity contribution in [1.29, 1.82) is 0 Å². The van der Waals surface area contributed by atoms with E-state index in [1.54, 1.807) is 61.5 Å². The fraction of sp³-hybridized carbons (Fsp3) is 0.310. The van der Waals surface area contributed by atoms with Crippen molar-refractivity contribution in [3.63, 3.8) is 0 Å². The van der Waals surface area contributed by atoms with Crippen LogP contribution in [0.3, 0.4) is 0 Å². The first kappa shape index (κ1) is 31.9. The smallest absolute Gasteiger partial charge is 0.264 e. The molecule has 0 aliphatic carbocycles. The predicted octanol–water partition coefficient (Wildman–Crippen LogP) is 6.45. The third kappa shape index (κ3) is 8.22. The van der Waals surface area contributed by atoms with E-state index in [0.29, 0.717) is 27.8 Å². The lowest BCUT2D eigenvalue weighted by Crippen LogP contribution is -2.51. The number of amides is 2. The molecule has 3 aromatic carbocycles. The van der Waals surface area contributed by atoms with Crippen LogP contribution in [0.15, 0.2) is 76.1 Å². The van der Waals surface area contributed by atoms with Gasteiger partial charge < -0.3 is 10.2 Å². The average molecular weight is 669 g/mol. The number of sulfonamides is 1. The van der Waals surface area contributed by atoms with Gasteiger partial charge in [0, 0.05) is 27.6 Å². The van der Waals surface area contributed by atoms with Gasteiger partial charge in [-0.2, -0.15) is 0 Å². The molecule has 0 bridgehead atoms. The van der Waals surface area contributed by atoms with Crippen molar-refractivity contribution in [1.82, 2.24) is 10.2 Å². The first-order valence-electron chi connectivity index (χ1n) is 12.7. The van der Waals surface area contributed by atoms with Gasteiger partial charge in [0.05, 0.1) is 10.6 Å². The number of halogens is 3. The van der Waals surface area contributed by atoms with Crippen molar-refractivity contribution in [3.8, 4) is 0 Å². The number of aryl methyl sites for hydroxylation is 1. The summed E-state index contributed by atoms with van der Waals surface area (Å²) in [5.74, 6) is -0.723. The number of nitrogens with one attached hydrogen (secondary N) is 1. The number of hydrogen-bond donors (Lipinski definition) is 1. The standard InChI is InChI=1S/C29H32BrCl2N3O4S/c1-19(2)16-33-29(37)21(4)34(17-22-7-10-24(31)15-27(22)32)28(36)18-35(25-11-8-23(30)9-12-25)40(38,39)26-13-5-20(3)6-14-26/h5-15,19,21H,16-18H2,1-4H3,(H,33,37)/t21-/m1/s1. The Bertz CT molecular complexity index is 1450. The minimum atomic E-state index is -4.14. The van der Waals surface area contributed by atoms with E-state index in [1.807, 2.05) is 20.8 Å². The highest BCUT2D eigenvalue weighted by Gasteiger charge is 2.32. The lowest BCUT2D eigenvalue weighted by Gasteiger charge is -2.32. The normalized spacial score (nSPS) is 12.2. The number of carbonyl (C=O) groups excluding carboxylic acids is 2. The van der Waals surface area contributed by atoms with Crippen LogP contribution in [0.5, 0.6) is 0 Å². The summed E-state index contributed by atoms with van der Waals surface area (Å²) in [5.41, 5.74) is 1.77. The van der Waals surface area contributed by atoms with Gasteiger partial charge in [-0.15, -0.1) is 0 Å². The number of rotatable bonds is 11. The fourth-order valence-corrected chi connectivity index (χ4v) is 5.99. The molecule has 0 aliphatic heterocycles. The quantitative estimate of drug-likeness (QED) is 0.255. The predicted molar refractivity (Wildman–Crippen MR) is 164 cm³/mol. The summed E-state index contributed by atoms with van der Waals surface area (Å²) in [4.78, 5) is 28.4. The molecule has 7 nitrogen and oxygen atoms in total. The number of nitrogens with zero attached hydrogens (tertiary/aromatic N) is 2. The summed E-state index contributed by atoms with van der Waals surface area (Å²) in [7, 11) is -4.14. The molecule has 1 N–H and O–H groups in total. The molecule has 0 unspecified atom stereocenters. The maximum atomic E-state index is 14.0. The minimum absolute atomic E-state index is 0.0240. The second-order valence-corrected chi connectivity index (χ2v) is 13.5. The molecule has 40 heavy (non-hydrogen) atoms. The zero-order chi connectivity index (χ0) is 29.6. The van der Waals surface area contributed by atoms with Gasteiger partial charge in [0.2, 0.25) is 11.8 Å². The second-order valence-electron chi connectivity index (χ2n) is 9.87. The highest BCUT2D eigenvalue weighted by Crippen LogP contribution is 2.27. The molecule has 0 saturated heterocycles. The summed E-state index contributed by atoms with van der Waals surface area (Å²) in [6, 6.07) is 17.0. The van der Waals surface area contributed by atoms with Crippen molar-refractivity contribution in [2.45, 2.75) is 45.2 Å². The number of carbonyl (C=O) groups is 2. The summed E-state index contributed by atoms with van der Waals surface area (Å²) in [5, 5.41) is 3.62. The molecular weight excluding hydrogens is 637 g/mol. The average Bonchev–Trinajstić information content (AvgIpc) is 2.90. The van der Waals surface area contributed by atoms with Gasteiger partial charge in [-0.05, 0) is 73.9 Å². The van der Waals surface area contributed by atoms with E-state index in [2.05, 4.69) is 21.2 Å². The van der Waals surface area contributed by atoms with E-state index >= 15 is 0 Å². The fourth-order valence-electron chi connectivity index (χ4n) is 3.84. The maximum absolute atomic E-state index is 14.0. The Balaban J connectivity index is 2.03. The number of hydrogen-bond acceptors (Lipinski definition) is 4. The number of benzene rings is 3. The van der Waals surface area contributed by atoms with Gasteiger partial charge in [0.15, 0.2) is 0 Å². The molecule has 0 saturated carbocycles. The van der Waals surface area contributed by atoms with Gasteiger partial charge >= 0.3 is 0 Å². The molecule has 0 aromatic heterocycles. The molecular formula is C29H32BrCl2N3O4S. The first-order valence-corrected chi connectivity index (χ1v) is 15.6. The third-order valence-electron chi connectivity index (χ3n) is 6.21. The molecule has 0 aliphatic rings. The summed E-state index contributed by atoms with van der Waals surface area (Å²) < 4.78 is 29.5. The van der Waals surface area contributed by atoms with E-state index in [1.165, 1.54) is 17.0 Å². The Hall–Kier alpha value is -2.59. The minimum Gasteiger partial charge on any atom is -0.354 e.